The molecule has 3 amide bonds. The lowest BCUT2D eigenvalue weighted by Crippen LogP contribution is -2.47. The average molecular weight is 1160 g/mol. The fourth-order valence-electron chi connectivity index (χ4n) is 8.06. The maximum atomic E-state index is 13.5. The first-order valence-electron chi connectivity index (χ1n) is 25.3. The van der Waals surface area contributed by atoms with E-state index in [1.165, 1.54) is 4.68 Å². The van der Waals surface area contributed by atoms with Gasteiger partial charge in [0, 0.05) is 49.3 Å². The molecule has 4 heterocycles. The minimum atomic E-state index is -1.30. The zero-order chi connectivity index (χ0) is 57.7. The Kier molecular flexibility index (Phi) is 20.5. The van der Waals surface area contributed by atoms with Gasteiger partial charge >= 0.3 is 5.97 Å². The lowest BCUT2D eigenvalue weighted by Gasteiger charge is -2.25. The third-order valence-electron chi connectivity index (χ3n) is 12.1. The van der Waals surface area contributed by atoms with Gasteiger partial charge < -0.3 is 61.4 Å². The molecule has 1 unspecified atom stereocenters. The number of carboxylic acid groups (broad SMARTS) is 1. The molecule has 0 saturated heterocycles. The quantitative estimate of drug-likeness (QED) is 0.0301. The van der Waals surface area contributed by atoms with Gasteiger partial charge in [-0.25, -0.2) is 24.4 Å². The van der Waals surface area contributed by atoms with Crippen LogP contribution in [-0.4, -0.2) is 140 Å². The Morgan fingerprint density at radius 3 is 2.12 bits per heavy atom. The second kappa shape index (κ2) is 27.4. The Hall–Kier alpha value is -7.74. The number of anilines is 3. The van der Waals surface area contributed by atoms with Crippen molar-refractivity contribution in [1.82, 2.24) is 55.6 Å². The maximum Gasteiger partial charge on any atom is 0.326 e. The van der Waals surface area contributed by atoms with Gasteiger partial charge in [-0.15, -0.1) is 0 Å². The van der Waals surface area contributed by atoms with E-state index in [9.17, 15) is 29.1 Å². The highest BCUT2D eigenvalue weighted by atomic mass is 35.5. The third kappa shape index (κ3) is 16.0. The molecule has 4 aromatic heterocycles. The van der Waals surface area contributed by atoms with Crippen molar-refractivity contribution in [2.24, 2.45) is 0 Å². The molecule has 1 atom stereocenters. The second-order valence-electron chi connectivity index (χ2n) is 19.1. The van der Waals surface area contributed by atoms with Gasteiger partial charge in [0.1, 0.15) is 28.7 Å². The molecular formula is C53H61Cl3N14O10. The number of aliphatic carboxylic acids is 1. The molecule has 0 aliphatic carbocycles. The van der Waals surface area contributed by atoms with Gasteiger partial charge in [-0.1, -0.05) is 60.8 Å². The van der Waals surface area contributed by atoms with Crippen LogP contribution in [0.2, 0.25) is 15.1 Å². The summed E-state index contributed by atoms with van der Waals surface area (Å²) in [4.78, 5) is 90.2. The number of nitrogens with zero attached hydrogens (tertiary/aromatic N) is 8. The summed E-state index contributed by atoms with van der Waals surface area (Å²) in [5.74, 6) is -1.76. The number of hydrogen-bond donors (Lipinski definition) is 7. The second-order valence-corrected chi connectivity index (χ2v) is 20.3. The molecule has 24 nitrogen and oxygen atoms in total. The van der Waals surface area contributed by atoms with Crippen molar-refractivity contribution in [3.8, 4) is 11.4 Å². The largest absolute Gasteiger partial charge is 0.480 e. The van der Waals surface area contributed by atoms with Gasteiger partial charge in [-0.3, -0.25) is 19.2 Å². The smallest absolute Gasteiger partial charge is 0.326 e. The Labute approximate surface area is 474 Å². The first-order valence-corrected chi connectivity index (χ1v) is 26.4. The maximum absolute atomic E-state index is 13.5. The topological polar surface area (TPSA) is 332 Å². The molecule has 0 aliphatic heterocycles. The summed E-state index contributed by atoms with van der Waals surface area (Å²) in [6.45, 7) is 9.45. The SMILES string of the molecule is CC(C)c1nn(-c2c(Cl)cc(Cl)cc2Cl)c2nc(Cc3ccc(OC(C)(C)C(=O)NCCOCCOCCOCCNC(=O)CCC(NC(=O)c4ccc(N(C)Cc5cnc6nc(N)nc(N)c6n5)cc4)C(=O)O)cc3)[nH]c(=O)c12. The van der Waals surface area contributed by atoms with Crippen LogP contribution in [0.5, 0.6) is 5.75 Å². The zero-order valence-electron chi connectivity index (χ0n) is 44.5. The van der Waals surface area contributed by atoms with E-state index in [2.05, 4.69) is 40.9 Å². The van der Waals surface area contributed by atoms with Crippen LogP contribution in [0.4, 0.5) is 17.5 Å². The minimum absolute atomic E-state index is 0.000667. The number of carbonyl (C=O) groups excluding carboxylic acids is 3. The number of nitrogens with two attached hydrogens (primary N) is 2. The Morgan fingerprint density at radius 1 is 0.850 bits per heavy atom. The van der Waals surface area contributed by atoms with E-state index in [1.807, 2.05) is 37.9 Å². The number of halogens is 3. The van der Waals surface area contributed by atoms with Gasteiger partial charge in [-0.05, 0) is 80.3 Å². The normalized spacial score (nSPS) is 12.0. The summed E-state index contributed by atoms with van der Waals surface area (Å²) in [6.07, 6.45) is 1.55. The average Bonchev–Trinajstić information content (AvgIpc) is 3.89. The minimum Gasteiger partial charge on any atom is -0.480 e. The molecule has 0 bridgehead atoms. The Balaban J connectivity index is 0.725. The number of nitrogens with one attached hydrogen (secondary N) is 4. The summed E-state index contributed by atoms with van der Waals surface area (Å²) in [5.41, 5.74) is 14.2. The number of carbonyl (C=O) groups is 4. The molecule has 80 heavy (non-hydrogen) atoms. The fraction of sp³-hybridized carbons (Fsp3) is 0.377. The standard InChI is InChI=1S/C53H61Cl3N14O10/c1-29(2)42-41-47(70(68-42)44-36(55)25-32(54)26-37(44)56)64-39(65-49(41)73)24-30-6-12-35(13-7-30)80-53(3,4)51(76)60-17-19-78-21-23-79-22-20-77-18-16-59-40(71)15-14-38(50(74)75)63-48(72)31-8-10-34(11-9-31)69(5)28-33-27-61-46-43(62-33)45(57)66-52(58)67-46/h6-13,25-27,29,38H,14-24,28H2,1-5H3,(H,59,71)(H,60,76)(H,63,72)(H,74,75)(H,64,65,73)(H4,57,58,61,66,67). The summed E-state index contributed by atoms with van der Waals surface area (Å²) in [6, 6.07) is 15.4. The highest BCUT2D eigenvalue weighted by molar-refractivity contribution is 6.40. The van der Waals surface area contributed by atoms with E-state index in [0.29, 0.717) is 56.8 Å². The molecule has 7 aromatic rings. The Bertz CT molecular complexity index is 3380. The fourth-order valence-corrected chi connectivity index (χ4v) is 9.04. The number of aromatic amines is 1. The van der Waals surface area contributed by atoms with E-state index in [1.54, 1.807) is 68.6 Å². The van der Waals surface area contributed by atoms with Crippen LogP contribution < -0.4 is 42.6 Å². The first-order chi connectivity index (χ1) is 38.2. The van der Waals surface area contributed by atoms with E-state index in [-0.39, 0.29) is 122 Å². The molecule has 0 fully saturated rings. The van der Waals surface area contributed by atoms with E-state index >= 15 is 0 Å². The number of aromatic nitrogens is 8. The highest BCUT2D eigenvalue weighted by Crippen LogP contribution is 2.35. The van der Waals surface area contributed by atoms with Crippen molar-refractivity contribution in [3.05, 3.63) is 121 Å². The molecule has 3 aromatic carbocycles. The van der Waals surface area contributed by atoms with E-state index in [4.69, 9.17) is 75.3 Å². The van der Waals surface area contributed by atoms with Gasteiger partial charge in [0.2, 0.25) is 11.9 Å². The number of nitrogen functional groups attached to an aromatic ring is 2. The van der Waals surface area contributed by atoms with E-state index < -0.39 is 29.4 Å². The third-order valence-corrected chi connectivity index (χ3v) is 12.9. The number of benzene rings is 3. The number of H-pyrrole nitrogens is 1. The number of rotatable bonds is 28. The number of hydrogen-bond acceptors (Lipinski definition) is 18. The number of carboxylic acids is 1. The van der Waals surface area contributed by atoms with Gasteiger partial charge in [-0.2, -0.15) is 15.1 Å². The van der Waals surface area contributed by atoms with Gasteiger partial charge in [0.05, 0.1) is 73.8 Å². The van der Waals surface area contributed by atoms with Crippen LogP contribution in [0.15, 0.2) is 71.7 Å². The van der Waals surface area contributed by atoms with Crippen molar-refractivity contribution in [2.45, 2.75) is 71.1 Å². The predicted octanol–water partition coefficient (Wildman–Crippen LogP) is 5.42. The number of fused-ring (bicyclic) bond motifs is 2. The van der Waals surface area contributed by atoms with Crippen LogP contribution in [0.25, 0.3) is 27.9 Å². The van der Waals surface area contributed by atoms with Crippen LogP contribution in [-0.2, 0) is 41.6 Å². The molecule has 7 rings (SSSR count). The molecule has 9 N–H and O–H groups in total. The van der Waals surface area contributed by atoms with Crippen LogP contribution in [0.1, 0.15) is 79.6 Å². The van der Waals surface area contributed by atoms with Crippen LogP contribution >= 0.6 is 34.8 Å². The lowest BCUT2D eigenvalue weighted by atomic mass is 10.1. The van der Waals surface area contributed by atoms with Crippen LogP contribution in [0.3, 0.4) is 0 Å². The molecule has 0 spiro atoms. The van der Waals surface area contributed by atoms with Crippen molar-refractivity contribution in [1.29, 1.82) is 0 Å². The molecule has 0 saturated carbocycles. The monoisotopic (exact) mass is 1160 g/mol. The first kappa shape index (κ1) is 59.9. The van der Waals surface area contributed by atoms with E-state index in [0.717, 1.165) is 11.3 Å². The summed E-state index contributed by atoms with van der Waals surface area (Å²) >= 11 is 19.3. The molecule has 27 heteroatoms. The van der Waals surface area contributed by atoms with Crippen molar-refractivity contribution in [2.75, 3.05) is 76.1 Å². The zero-order valence-corrected chi connectivity index (χ0v) is 46.7. The summed E-state index contributed by atoms with van der Waals surface area (Å²) < 4.78 is 24.2. The van der Waals surface area contributed by atoms with Crippen LogP contribution in [0, 0.1) is 0 Å². The highest BCUT2D eigenvalue weighted by Gasteiger charge is 2.30. The predicted molar refractivity (Wildman–Crippen MR) is 302 cm³/mol. The van der Waals surface area contributed by atoms with Crippen molar-refractivity contribution >= 4 is 98.1 Å². The van der Waals surface area contributed by atoms with Gasteiger partial charge in [0.15, 0.2) is 28.2 Å². The van der Waals surface area contributed by atoms with Crippen molar-refractivity contribution < 1.29 is 43.2 Å². The summed E-state index contributed by atoms with van der Waals surface area (Å²) in [7, 11) is 1.82. The number of ether oxygens (including phenoxy) is 4. The number of amides is 3. The molecule has 0 aliphatic rings. The van der Waals surface area contributed by atoms with Gasteiger partial charge in [0.25, 0.3) is 17.4 Å². The lowest BCUT2D eigenvalue weighted by molar-refractivity contribution is -0.139. The summed E-state index contributed by atoms with van der Waals surface area (Å²) in [5, 5.41) is 23.6. The Morgan fingerprint density at radius 2 is 1.49 bits per heavy atom. The van der Waals surface area contributed by atoms with Crippen molar-refractivity contribution in [3.63, 3.8) is 0 Å². The molecule has 424 valence electrons. The molecular weight excluding hydrogens is 1100 g/mol. The molecule has 0 radical (unpaired) electrons.